The Kier molecular flexibility index (Phi) is 9.28. The van der Waals surface area contributed by atoms with Crippen LogP contribution in [0.2, 0.25) is 0 Å². The van der Waals surface area contributed by atoms with Gasteiger partial charge in [0.05, 0.1) is 24.9 Å². The number of aliphatic hydroxyl groups excluding tert-OH is 1. The first kappa shape index (κ1) is 26.2. The minimum Gasteiger partial charge on any atom is -0.460 e. The summed E-state index contributed by atoms with van der Waals surface area (Å²) in [6, 6.07) is 9.59. The number of halogens is 1. The number of hydrogen-bond acceptors (Lipinski definition) is 6. The molecule has 1 amide bonds. The summed E-state index contributed by atoms with van der Waals surface area (Å²) in [4.78, 5) is 38.2. The van der Waals surface area contributed by atoms with Crippen LogP contribution in [0.4, 0.5) is 4.39 Å². The van der Waals surface area contributed by atoms with Crippen LogP contribution in [0.15, 0.2) is 47.4 Å². The van der Waals surface area contributed by atoms with Crippen LogP contribution in [0.5, 0.6) is 0 Å². The number of benzene rings is 1. The van der Waals surface area contributed by atoms with Gasteiger partial charge in [0.15, 0.2) is 0 Å². The predicted molar refractivity (Wildman–Crippen MR) is 121 cm³/mol. The second-order valence-corrected chi connectivity index (χ2v) is 8.82. The molecule has 0 fully saturated rings. The molecule has 0 saturated heterocycles. The zero-order valence-corrected chi connectivity index (χ0v) is 19.5. The largest absolute Gasteiger partial charge is 0.460 e. The van der Waals surface area contributed by atoms with E-state index in [2.05, 4.69) is 10.4 Å². The van der Waals surface area contributed by atoms with Gasteiger partial charge in [0.1, 0.15) is 18.4 Å². The summed E-state index contributed by atoms with van der Waals surface area (Å²) in [5, 5.41) is 16.7. The standard InChI is InChI=1S/C24H32FN3O5/c1-5-17(18-11-12-26-28(23(18)32)15-16-9-7-6-8-10-16)22(31)27-19(20(29)14-25)13-21(30)33-24(2,3)4/h6-12,17,19-20,29H,5,13-15H2,1-4H3,(H,27,31). The first-order valence-electron chi connectivity index (χ1n) is 10.9. The van der Waals surface area contributed by atoms with Gasteiger partial charge in [-0.05, 0) is 38.8 Å². The summed E-state index contributed by atoms with van der Waals surface area (Å²) >= 11 is 0. The van der Waals surface area contributed by atoms with E-state index in [1.807, 2.05) is 30.3 Å². The lowest BCUT2D eigenvalue weighted by Crippen LogP contribution is -2.48. The van der Waals surface area contributed by atoms with Crippen LogP contribution in [-0.2, 0) is 20.9 Å². The molecule has 1 heterocycles. The number of esters is 1. The lowest BCUT2D eigenvalue weighted by molar-refractivity contribution is -0.156. The molecule has 0 spiro atoms. The molecular weight excluding hydrogens is 429 g/mol. The first-order valence-corrected chi connectivity index (χ1v) is 10.9. The lowest BCUT2D eigenvalue weighted by atomic mass is 9.96. The molecule has 2 rings (SSSR count). The third-order valence-corrected chi connectivity index (χ3v) is 4.97. The van der Waals surface area contributed by atoms with Gasteiger partial charge in [-0.25, -0.2) is 9.07 Å². The molecule has 8 nitrogen and oxygen atoms in total. The van der Waals surface area contributed by atoms with Gasteiger partial charge in [-0.3, -0.25) is 14.4 Å². The maximum absolute atomic E-state index is 13.2. The van der Waals surface area contributed by atoms with Gasteiger partial charge >= 0.3 is 5.97 Å². The maximum atomic E-state index is 13.2. The summed E-state index contributed by atoms with van der Waals surface area (Å²) in [6.45, 7) is 5.88. The van der Waals surface area contributed by atoms with Gasteiger partial charge in [0.2, 0.25) is 5.91 Å². The highest BCUT2D eigenvalue weighted by Crippen LogP contribution is 2.18. The molecule has 3 atom stereocenters. The quantitative estimate of drug-likeness (QED) is 0.526. The normalized spacial score (nSPS) is 14.2. The van der Waals surface area contributed by atoms with Crippen LogP contribution in [0.1, 0.15) is 57.6 Å². The third-order valence-electron chi connectivity index (χ3n) is 4.97. The summed E-state index contributed by atoms with van der Waals surface area (Å²) < 4.78 is 19.7. The van der Waals surface area contributed by atoms with E-state index in [0.717, 1.165) is 5.56 Å². The Labute approximate surface area is 192 Å². The summed E-state index contributed by atoms with van der Waals surface area (Å²) in [5.41, 5.74) is -0.0749. The van der Waals surface area contributed by atoms with Gasteiger partial charge < -0.3 is 15.2 Å². The zero-order chi connectivity index (χ0) is 24.6. The smallest absolute Gasteiger partial charge is 0.308 e. The van der Waals surface area contributed by atoms with Crippen LogP contribution >= 0.6 is 0 Å². The van der Waals surface area contributed by atoms with Crippen LogP contribution in [-0.4, -0.2) is 51.2 Å². The monoisotopic (exact) mass is 461 g/mol. The SMILES string of the molecule is CCC(C(=O)NC(CC(=O)OC(C)(C)C)C(O)CF)c1ccnn(Cc2ccccc2)c1=O. The van der Waals surface area contributed by atoms with Crippen molar-refractivity contribution in [3.63, 3.8) is 0 Å². The predicted octanol–water partition coefficient (Wildman–Crippen LogP) is 2.33. The highest BCUT2D eigenvalue weighted by molar-refractivity contribution is 5.84. The van der Waals surface area contributed by atoms with Crippen LogP contribution in [0.25, 0.3) is 0 Å². The fourth-order valence-electron chi connectivity index (χ4n) is 3.38. The number of alkyl halides is 1. The molecule has 180 valence electrons. The zero-order valence-electron chi connectivity index (χ0n) is 19.5. The molecule has 1 aromatic carbocycles. The van der Waals surface area contributed by atoms with Crippen molar-refractivity contribution in [3.05, 3.63) is 64.1 Å². The average Bonchev–Trinajstić information content (AvgIpc) is 2.75. The van der Waals surface area contributed by atoms with Crippen LogP contribution in [0, 0.1) is 0 Å². The van der Waals surface area contributed by atoms with Crippen LogP contribution < -0.4 is 10.9 Å². The van der Waals surface area contributed by atoms with Crippen molar-refractivity contribution in [2.75, 3.05) is 6.67 Å². The molecule has 0 aliphatic rings. The highest BCUT2D eigenvalue weighted by Gasteiger charge is 2.30. The first-order chi connectivity index (χ1) is 15.6. The van der Waals surface area contributed by atoms with Crippen molar-refractivity contribution >= 4 is 11.9 Å². The number of amides is 1. The molecule has 0 bridgehead atoms. The lowest BCUT2D eigenvalue weighted by Gasteiger charge is -2.26. The maximum Gasteiger partial charge on any atom is 0.308 e. The van der Waals surface area contributed by atoms with Gasteiger partial charge in [0.25, 0.3) is 5.56 Å². The molecule has 33 heavy (non-hydrogen) atoms. The van der Waals surface area contributed by atoms with E-state index in [-0.39, 0.29) is 18.5 Å². The molecule has 1 aromatic heterocycles. The summed E-state index contributed by atoms with van der Waals surface area (Å²) in [7, 11) is 0. The molecule has 0 aliphatic heterocycles. The molecule has 2 N–H and O–H groups in total. The van der Waals surface area contributed by atoms with Crippen molar-refractivity contribution in [2.45, 2.75) is 70.7 Å². The van der Waals surface area contributed by atoms with Crippen molar-refractivity contribution in [1.29, 1.82) is 0 Å². The number of carbonyl (C=O) groups is 2. The van der Waals surface area contributed by atoms with E-state index in [1.54, 1.807) is 27.7 Å². The van der Waals surface area contributed by atoms with E-state index < -0.39 is 54.2 Å². The number of aliphatic hydroxyl groups is 1. The van der Waals surface area contributed by atoms with Gasteiger partial charge in [0, 0.05) is 11.8 Å². The fourth-order valence-corrected chi connectivity index (χ4v) is 3.38. The summed E-state index contributed by atoms with van der Waals surface area (Å²) in [6.07, 6.45) is -0.267. The fraction of sp³-hybridized carbons (Fsp3) is 0.500. The molecule has 9 heteroatoms. The second kappa shape index (κ2) is 11.7. The molecule has 2 aromatic rings. The van der Waals surface area contributed by atoms with Gasteiger partial charge in [-0.2, -0.15) is 5.10 Å². The summed E-state index contributed by atoms with van der Waals surface area (Å²) in [5.74, 6) is -2.13. The topological polar surface area (TPSA) is 111 Å². The third kappa shape index (κ3) is 7.78. The Hall–Kier alpha value is -3.07. The number of nitrogens with zero attached hydrogens (tertiary/aromatic N) is 2. The molecular formula is C24H32FN3O5. The molecule has 3 unspecified atom stereocenters. The number of hydrogen-bond donors (Lipinski definition) is 2. The Morgan fingerprint density at radius 1 is 1.21 bits per heavy atom. The Balaban J connectivity index is 2.22. The van der Waals surface area contributed by atoms with Crippen molar-refractivity contribution in [1.82, 2.24) is 15.1 Å². The van der Waals surface area contributed by atoms with E-state index in [0.29, 0.717) is 0 Å². The Morgan fingerprint density at radius 3 is 2.45 bits per heavy atom. The van der Waals surface area contributed by atoms with Crippen molar-refractivity contribution in [3.8, 4) is 0 Å². The van der Waals surface area contributed by atoms with E-state index in [4.69, 9.17) is 4.74 Å². The van der Waals surface area contributed by atoms with Crippen molar-refractivity contribution < 1.29 is 23.8 Å². The van der Waals surface area contributed by atoms with E-state index >= 15 is 0 Å². The van der Waals surface area contributed by atoms with Gasteiger partial charge in [-0.1, -0.05) is 37.3 Å². The van der Waals surface area contributed by atoms with E-state index in [9.17, 15) is 23.9 Å². The number of aromatic nitrogens is 2. The van der Waals surface area contributed by atoms with E-state index in [1.165, 1.54) is 16.9 Å². The van der Waals surface area contributed by atoms with Crippen LogP contribution in [0.3, 0.4) is 0 Å². The van der Waals surface area contributed by atoms with Crippen molar-refractivity contribution in [2.24, 2.45) is 0 Å². The Bertz CT molecular complexity index is 988. The minimum atomic E-state index is -1.59. The number of ether oxygens (including phenoxy) is 1. The number of nitrogens with one attached hydrogen (secondary N) is 1. The molecule has 0 aliphatic carbocycles. The molecule has 0 radical (unpaired) electrons. The highest BCUT2D eigenvalue weighted by atomic mass is 19.1. The average molecular weight is 462 g/mol. The number of carbonyl (C=O) groups excluding carboxylic acids is 2. The Morgan fingerprint density at radius 2 is 1.88 bits per heavy atom. The minimum absolute atomic E-state index is 0.228. The molecule has 0 saturated carbocycles. The van der Waals surface area contributed by atoms with Gasteiger partial charge in [-0.15, -0.1) is 0 Å². The second-order valence-electron chi connectivity index (χ2n) is 8.82. The number of rotatable bonds is 10.